The van der Waals surface area contributed by atoms with Crippen molar-refractivity contribution in [3.63, 3.8) is 0 Å². The standard InChI is InChI=1S/C30H24N2O4S/c33-30(25-13-12-24-16-17-31-20-26(24)18-25)32-19-22-10-14-27(15-11-22)37(34,35)29-9-5-4-8-28(29)36-21-23-6-2-1-3-7-23/h1-18,20H,19,21H2,(H,32,33). The first kappa shape index (κ1) is 24.2. The van der Waals surface area contributed by atoms with Gasteiger partial charge in [-0.25, -0.2) is 8.42 Å². The number of para-hydroxylation sites is 1. The van der Waals surface area contributed by atoms with Crippen LogP contribution in [0.15, 0.2) is 125 Å². The summed E-state index contributed by atoms with van der Waals surface area (Å²) >= 11 is 0. The summed E-state index contributed by atoms with van der Waals surface area (Å²) < 4.78 is 32.6. The fourth-order valence-electron chi connectivity index (χ4n) is 3.95. The van der Waals surface area contributed by atoms with Gasteiger partial charge in [-0.05, 0) is 59.0 Å². The number of nitrogens with one attached hydrogen (secondary N) is 1. The zero-order chi connectivity index (χ0) is 25.7. The second-order valence-corrected chi connectivity index (χ2v) is 10.4. The molecular weight excluding hydrogens is 484 g/mol. The predicted molar refractivity (Wildman–Crippen MR) is 142 cm³/mol. The highest BCUT2D eigenvalue weighted by Gasteiger charge is 2.22. The number of hydrogen-bond acceptors (Lipinski definition) is 5. The van der Waals surface area contributed by atoms with Crippen molar-refractivity contribution in [2.24, 2.45) is 0 Å². The van der Waals surface area contributed by atoms with Crippen LogP contribution in [0.25, 0.3) is 10.8 Å². The molecule has 7 heteroatoms. The van der Waals surface area contributed by atoms with E-state index in [4.69, 9.17) is 4.74 Å². The van der Waals surface area contributed by atoms with Crippen molar-refractivity contribution in [2.75, 3.05) is 0 Å². The Morgan fingerprint density at radius 2 is 1.54 bits per heavy atom. The molecule has 0 aliphatic rings. The predicted octanol–water partition coefficient (Wildman–Crippen LogP) is 5.58. The maximum absolute atomic E-state index is 13.4. The number of benzene rings is 4. The lowest BCUT2D eigenvalue weighted by Gasteiger charge is -2.13. The van der Waals surface area contributed by atoms with Crippen molar-refractivity contribution in [1.29, 1.82) is 0 Å². The Morgan fingerprint density at radius 3 is 2.35 bits per heavy atom. The van der Waals surface area contributed by atoms with Gasteiger partial charge in [0.2, 0.25) is 9.84 Å². The number of fused-ring (bicyclic) bond motifs is 1. The lowest BCUT2D eigenvalue weighted by Crippen LogP contribution is -2.22. The summed E-state index contributed by atoms with van der Waals surface area (Å²) in [5.41, 5.74) is 2.26. The first-order valence-corrected chi connectivity index (χ1v) is 13.2. The second-order valence-electron chi connectivity index (χ2n) is 8.49. The fraction of sp³-hybridized carbons (Fsp3) is 0.0667. The number of amides is 1. The van der Waals surface area contributed by atoms with Gasteiger partial charge in [0.25, 0.3) is 5.91 Å². The van der Waals surface area contributed by atoms with E-state index < -0.39 is 9.84 Å². The molecule has 0 aliphatic heterocycles. The normalized spacial score (nSPS) is 11.2. The van der Waals surface area contributed by atoms with E-state index in [-0.39, 0.29) is 28.8 Å². The molecular formula is C30H24N2O4S. The summed E-state index contributed by atoms with van der Waals surface area (Å²) in [6, 6.07) is 30.0. The van der Waals surface area contributed by atoms with E-state index in [1.807, 2.05) is 42.5 Å². The number of carbonyl (C=O) groups excluding carboxylic acids is 1. The van der Waals surface area contributed by atoms with Crippen molar-refractivity contribution in [3.8, 4) is 5.75 Å². The first-order valence-electron chi connectivity index (χ1n) is 11.7. The summed E-state index contributed by atoms with van der Waals surface area (Å²) in [6.07, 6.45) is 3.43. The Hall–Kier alpha value is -4.49. The van der Waals surface area contributed by atoms with Crippen molar-refractivity contribution < 1.29 is 17.9 Å². The Bertz CT molecular complexity index is 1650. The molecule has 1 N–H and O–H groups in total. The summed E-state index contributed by atoms with van der Waals surface area (Å²) in [4.78, 5) is 17.0. The smallest absolute Gasteiger partial charge is 0.251 e. The second kappa shape index (κ2) is 10.6. The molecule has 4 aromatic carbocycles. The van der Waals surface area contributed by atoms with Crippen LogP contribution >= 0.6 is 0 Å². The van der Waals surface area contributed by atoms with E-state index in [0.717, 1.165) is 21.9 Å². The minimum Gasteiger partial charge on any atom is -0.488 e. The molecule has 0 aliphatic carbocycles. The third-order valence-electron chi connectivity index (χ3n) is 5.97. The van der Waals surface area contributed by atoms with E-state index in [1.165, 1.54) is 0 Å². The van der Waals surface area contributed by atoms with Gasteiger partial charge in [-0.3, -0.25) is 9.78 Å². The number of sulfone groups is 1. The van der Waals surface area contributed by atoms with Gasteiger partial charge < -0.3 is 10.1 Å². The number of ether oxygens (including phenoxy) is 1. The van der Waals surface area contributed by atoms with Gasteiger partial charge in [0, 0.05) is 29.9 Å². The molecule has 1 aromatic heterocycles. The number of pyridine rings is 1. The van der Waals surface area contributed by atoms with Gasteiger partial charge >= 0.3 is 0 Å². The molecule has 0 saturated carbocycles. The molecule has 0 bridgehead atoms. The Kier molecular flexibility index (Phi) is 6.96. The topological polar surface area (TPSA) is 85.4 Å². The summed E-state index contributed by atoms with van der Waals surface area (Å²) in [6.45, 7) is 0.529. The molecule has 0 saturated heterocycles. The highest BCUT2D eigenvalue weighted by molar-refractivity contribution is 7.91. The van der Waals surface area contributed by atoms with Gasteiger partial charge in [-0.2, -0.15) is 0 Å². The lowest BCUT2D eigenvalue weighted by molar-refractivity contribution is 0.0951. The van der Waals surface area contributed by atoms with Crippen LogP contribution < -0.4 is 10.1 Å². The van der Waals surface area contributed by atoms with E-state index in [2.05, 4.69) is 10.3 Å². The van der Waals surface area contributed by atoms with Crippen LogP contribution in [0.3, 0.4) is 0 Å². The first-order chi connectivity index (χ1) is 18.0. The van der Waals surface area contributed by atoms with Gasteiger partial charge in [-0.15, -0.1) is 0 Å². The molecule has 1 amide bonds. The summed E-state index contributed by atoms with van der Waals surface area (Å²) in [5.74, 6) is 0.0835. The van der Waals surface area contributed by atoms with Crippen molar-refractivity contribution in [1.82, 2.24) is 10.3 Å². The molecule has 37 heavy (non-hydrogen) atoms. The largest absolute Gasteiger partial charge is 0.488 e. The number of hydrogen-bond donors (Lipinski definition) is 1. The van der Waals surface area contributed by atoms with E-state index in [1.54, 1.807) is 73.1 Å². The molecule has 0 unspecified atom stereocenters. The van der Waals surface area contributed by atoms with Gasteiger partial charge in [0.15, 0.2) is 0 Å². The molecule has 0 atom stereocenters. The van der Waals surface area contributed by atoms with E-state index in [9.17, 15) is 13.2 Å². The molecule has 0 fully saturated rings. The summed E-state index contributed by atoms with van der Waals surface area (Å²) in [5, 5.41) is 4.78. The maximum Gasteiger partial charge on any atom is 0.251 e. The number of carbonyl (C=O) groups is 1. The average molecular weight is 509 g/mol. The van der Waals surface area contributed by atoms with Crippen LogP contribution in [0.2, 0.25) is 0 Å². The third-order valence-corrected chi connectivity index (χ3v) is 7.77. The van der Waals surface area contributed by atoms with Crippen LogP contribution in [-0.2, 0) is 23.0 Å². The number of nitrogens with zero attached hydrogens (tertiary/aromatic N) is 1. The maximum atomic E-state index is 13.4. The monoisotopic (exact) mass is 508 g/mol. The zero-order valence-corrected chi connectivity index (χ0v) is 20.7. The molecule has 0 spiro atoms. The highest BCUT2D eigenvalue weighted by atomic mass is 32.2. The minimum absolute atomic E-state index is 0.109. The van der Waals surface area contributed by atoms with Gasteiger partial charge in [0.1, 0.15) is 17.3 Å². The lowest BCUT2D eigenvalue weighted by atomic mass is 10.1. The average Bonchev–Trinajstić information content (AvgIpc) is 2.95. The zero-order valence-electron chi connectivity index (χ0n) is 19.9. The quantitative estimate of drug-likeness (QED) is 0.296. The molecule has 5 aromatic rings. The van der Waals surface area contributed by atoms with Crippen molar-refractivity contribution >= 4 is 26.5 Å². The van der Waals surface area contributed by atoms with Crippen LogP contribution in [0.5, 0.6) is 5.75 Å². The molecule has 5 rings (SSSR count). The van der Waals surface area contributed by atoms with E-state index in [0.29, 0.717) is 11.3 Å². The number of aromatic nitrogens is 1. The minimum atomic E-state index is -3.80. The van der Waals surface area contributed by atoms with Gasteiger partial charge in [0.05, 0.1) is 4.90 Å². The fourth-order valence-corrected chi connectivity index (χ4v) is 5.35. The molecule has 184 valence electrons. The van der Waals surface area contributed by atoms with E-state index >= 15 is 0 Å². The highest BCUT2D eigenvalue weighted by Crippen LogP contribution is 2.30. The van der Waals surface area contributed by atoms with Gasteiger partial charge in [-0.1, -0.05) is 60.7 Å². The molecule has 6 nitrogen and oxygen atoms in total. The Morgan fingerprint density at radius 1 is 0.784 bits per heavy atom. The Balaban J connectivity index is 1.27. The van der Waals surface area contributed by atoms with Crippen LogP contribution in [0.4, 0.5) is 0 Å². The summed E-state index contributed by atoms with van der Waals surface area (Å²) in [7, 11) is -3.80. The molecule has 0 radical (unpaired) electrons. The third kappa shape index (κ3) is 5.52. The van der Waals surface area contributed by atoms with Crippen LogP contribution in [-0.4, -0.2) is 19.3 Å². The Labute approximate surface area is 215 Å². The SMILES string of the molecule is O=C(NCc1ccc(S(=O)(=O)c2ccccc2OCc2ccccc2)cc1)c1ccc2ccncc2c1. The van der Waals surface area contributed by atoms with Crippen LogP contribution in [0, 0.1) is 0 Å². The van der Waals surface area contributed by atoms with Crippen molar-refractivity contribution in [2.45, 2.75) is 22.9 Å². The van der Waals surface area contributed by atoms with Crippen molar-refractivity contribution in [3.05, 3.63) is 132 Å². The number of rotatable bonds is 8. The van der Waals surface area contributed by atoms with Crippen LogP contribution in [0.1, 0.15) is 21.5 Å². The molecule has 1 heterocycles.